The van der Waals surface area contributed by atoms with E-state index in [1.54, 1.807) is 21.9 Å². The maximum Gasteiger partial charge on any atom is 0.273 e. The summed E-state index contributed by atoms with van der Waals surface area (Å²) in [5.74, 6) is -0.836. The SMILES string of the molecule is Cc1ccc(-c2cn3c(C(=O)Nc4ccccc4F)csc3n2)cc1. The van der Waals surface area contributed by atoms with Crippen LogP contribution in [-0.4, -0.2) is 15.3 Å². The van der Waals surface area contributed by atoms with Gasteiger partial charge in [-0.25, -0.2) is 9.37 Å². The molecule has 2 aromatic carbocycles. The standard InChI is InChI=1S/C19H14FN3OS/c1-12-6-8-13(9-7-12)16-10-23-17(11-25-19(23)22-16)18(24)21-15-5-3-2-4-14(15)20/h2-11H,1H3,(H,21,24). The lowest BCUT2D eigenvalue weighted by Crippen LogP contribution is -2.14. The van der Waals surface area contributed by atoms with Crippen molar-refractivity contribution in [3.63, 3.8) is 0 Å². The summed E-state index contributed by atoms with van der Waals surface area (Å²) >= 11 is 1.37. The molecule has 0 unspecified atom stereocenters. The molecule has 1 amide bonds. The Morgan fingerprint density at radius 1 is 1.16 bits per heavy atom. The van der Waals surface area contributed by atoms with Crippen LogP contribution >= 0.6 is 11.3 Å². The summed E-state index contributed by atoms with van der Waals surface area (Å²) in [7, 11) is 0. The third-order valence-electron chi connectivity index (χ3n) is 3.91. The maximum absolute atomic E-state index is 13.7. The smallest absolute Gasteiger partial charge is 0.273 e. The fraction of sp³-hybridized carbons (Fsp3) is 0.0526. The quantitative estimate of drug-likeness (QED) is 0.578. The van der Waals surface area contributed by atoms with E-state index in [9.17, 15) is 9.18 Å². The number of thiazole rings is 1. The monoisotopic (exact) mass is 351 g/mol. The predicted molar refractivity (Wildman–Crippen MR) is 97.6 cm³/mol. The fourth-order valence-electron chi connectivity index (χ4n) is 2.56. The number of fused-ring (bicyclic) bond motifs is 1. The first kappa shape index (κ1) is 15.5. The van der Waals surface area contributed by atoms with Crippen LogP contribution in [0.1, 0.15) is 16.1 Å². The minimum atomic E-state index is -0.465. The van der Waals surface area contributed by atoms with Gasteiger partial charge in [-0.2, -0.15) is 0 Å². The zero-order valence-corrected chi connectivity index (χ0v) is 14.2. The normalized spacial score (nSPS) is 11.0. The summed E-state index contributed by atoms with van der Waals surface area (Å²) in [4.78, 5) is 17.8. The number of benzene rings is 2. The lowest BCUT2D eigenvalue weighted by Gasteiger charge is -2.05. The van der Waals surface area contributed by atoms with Gasteiger partial charge in [0.2, 0.25) is 0 Å². The molecular weight excluding hydrogens is 337 g/mol. The topological polar surface area (TPSA) is 46.4 Å². The van der Waals surface area contributed by atoms with Crippen molar-refractivity contribution < 1.29 is 9.18 Å². The van der Waals surface area contributed by atoms with Gasteiger partial charge >= 0.3 is 0 Å². The molecule has 2 aromatic heterocycles. The Balaban J connectivity index is 1.67. The van der Waals surface area contributed by atoms with Crippen molar-refractivity contribution in [1.29, 1.82) is 0 Å². The number of halogens is 1. The average molecular weight is 351 g/mol. The molecule has 0 saturated carbocycles. The number of para-hydroxylation sites is 1. The van der Waals surface area contributed by atoms with Gasteiger partial charge in [0, 0.05) is 17.1 Å². The molecule has 0 spiro atoms. The van der Waals surface area contributed by atoms with Gasteiger partial charge in [-0.3, -0.25) is 9.20 Å². The first-order valence-corrected chi connectivity index (χ1v) is 8.59. The number of amides is 1. The number of carbonyl (C=O) groups is 1. The van der Waals surface area contributed by atoms with Gasteiger partial charge in [0.05, 0.1) is 11.4 Å². The van der Waals surface area contributed by atoms with Crippen LogP contribution in [0.5, 0.6) is 0 Å². The minimum Gasteiger partial charge on any atom is -0.318 e. The first-order chi connectivity index (χ1) is 12.1. The van der Waals surface area contributed by atoms with Gasteiger partial charge in [-0.1, -0.05) is 42.0 Å². The summed E-state index contributed by atoms with van der Waals surface area (Å²) < 4.78 is 15.5. The predicted octanol–water partition coefficient (Wildman–Crippen LogP) is 4.76. The Morgan fingerprint density at radius 3 is 2.68 bits per heavy atom. The van der Waals surface area contributed by atoms with Crippen molar-refractivity contribution in [3.05, 3.63) is 77.2 Å². The van der Waals surface area contributed by atoms with Crippen molar-refractivity contribution in [2.24, 2.45) is 0 Å². The number of imidazole rings is 1. The molecule has 0 saturated heterocycles. The summed E-state index contributed by atoms with van der Waals surface area (Å²) in [6, 6.07) is 14.1. The van der Waals surface area contributed by atoms with E-state index in [2.05, 4.69) is 10.3 Å². The molecule has 0 atom stereocenters. The fourth-order valence-corrected chi connectivity index (χ4v) is 3.41. The molecule has 2 heterocycles. The molecule has 6 heteroatoms. The molecule has 0 aliphatic heterocycles. The van der Waals surface area contributed by atoms with E-state index in [-0.39, 0.29) is 11.6 Å². The highest BCUT2D eigenvalue weighted by atomic mass is 32.1. The maximum atomic E-state index is 13.7. The number of anilines is 1. The van der Waals surface area contributed by atoms with Gasteiger partial charge in [0.1, 0.15) is 11.5 Å². The van der Waals surface area contributed by atoms with Crippen LogP contribution in [0, 0.1) is 12.7 Å². The van der Waals surface area contributed by atoms with Crippen molar-refractivity contribution in [1.82, 2.24) is 9.38 Å². The van der Waals surface area contributed by atoms with Crippen molar-refractivity contribution in [3.8, 4) is 11.3 Å². The molecule has 0 aliphatic rings. The number of carbonyl (C=O) groups excluding carboxylic acids is 1. The van der Waals surface area contributed by atoms with Crippen molar-refractivity contribution in [2.45, 2.75) is 6.92 Å². The second-order valence-corrected chi connectivity index (χ2v) is 6.54. The van der Waals surface area contributed by atoms with Crippen molar-refractivity contribution in [2.75, 3.05) is 5.32 Å². The van der Waals surface area contributed by atoms with E-state index in [1.807, 2.05) is 37.4 Å². The third kappa shape index (κ3) is 2.92. The Bertz CT molecular complexity index is 1070. The summed E-state index contributed by atoms with van der Waals surface area (Å²) in [6.07, 6.45) is 1.83. The molecule has 4 aromatic rings. The molecule has 0 bridgehead atoms. The summed E-state index contributed by atoms with van der Waals surface area (Å²) in [6.45, 7) is 2.03. The van der Waals surface area contributed by atoms with Gasteiger partial charge in [0.25, 0.3) is 5.91 Å². The van der Waals surface area contributed by atoms with Crippen LogP contribution in [0.15, 0.2) is 60.1 Å². The third-order valence-corrected chi connectivity index (χ3v) is 4.75. The summed E-state index contributed by atoms with van der Waals surface area (Å²) in [5, 5.41) is 4.33. The van der Waals surface area contributed by atoms with Crippen LogP contribution in [0.25, 0.3) is 16.2 Å². The molecule has 0 fully saturated rings. The second-order valence-electron chi connectivity index (χ2n) is 5.70. The van der Waals surface area contributed by atoms with Gasteiger partial charge in [-0.15, -0.1) is 11.3 Å². The number of aryl methyl sites for hydroxylation is 1. The Kier molecular flexibility index (Phi) is 3.82. The van der Waals surface area contributed by atoms with E-state index >= 15 is 0 Å². The number of hydrogen-bond acceptors (Lipinski definition) is 3. The lowest BCUT2D eigenvalue weighted by molar-refractivity contribution is 0.102. The Hall–Kier alpha value is -2.99. The molecule has 25 heavy (non-hydrogen) atoms. The van der Waals surface area contributed by atoms with E-state index in [0.717, 1.165) is 11.3 Å². The number of hydrogen-bond donors (Lipinski definition) is 1. The highest BCUT2D eigenvalue weighted by molar-refractivity contribution is 7.15. The zero-order chi connectivity index (χ0) is 17.4. The van der Waals surface area contributed by atoms with Crippen LogP contribution in [0.3, 0.4) is 0 Å². The summed E-state index contributed by atoms with van der Waals surface area (Å²) in [5.41, 5.74) is 3.54. The molecular formula is C19H14FN3OS. The zero-order valence-electron chi connectivity index (χ0n) is 13.4. The number of nitrogens with zero attached hydrogens (tertiary/aromatic N) is 2. The van der Waals surface area contributed by atoms with Crippen LogP contribution < -0.4 is 5.32 Å². The van der Waals surface area contributed by atoms with Crippen LogP contribution in [-0.2, 0) is 0 Å². The first-order valence-electron chi connectivity index (χ1n) is 7.71. The van der Waals surface area contributed by atoms with E-state index in [1.165, 1.54) is 29.0 Å². The Labute approximate surface area is 147 Å². The number of aromatic nitrogens is 2. The number of nitrogens with one attached hydrogen (secondary N) is 1. The van der Waals surface area contributed by atoms with E-state index < -0.39 is 5.82 Å². The Morgan fingerprint density at radius 2 is 1.92 bits per heavy atom. The molecule has 4 nitrogen and oxygen atoms in total. The molecule has 124 valence electrons. The lowest BCUT2D eigenvalue weighted by atomic mass is 10.1. The van der Waals surface area contributed by atoms with Gasteiger partial charge < -0.3 is 5.32 Å². The minimum absolute atomic E-state index is 0.158. The number of rotatable bonds is 3. The molecule has 0 aliphatic carbocycles. The van der Waals surface area contributed by atoms with E-state index in [0.29, 0.717) is 10.7 Å². The molecule has 0 radical (unpaired) electrons. The van der Waals surface area contributed by atoms with Gasteiger partial charge in [0.15, 0.2) is 4.96 Å². The van der Waals surface area contributed by atoms with Crippen LogP contribution in [0.4, 0.5) is 10.1 Å². The van der Waals surface area contributed by atoms with Gasteiger partial charge in [-0.05, 0) is 19.1 Å². The molecule has 4 rings (SSSR count). The largest absolute Gasteiger partial charge is 0.318 e. The second kappa shape index (κ2) is 6.14. The molecule has 1 N–H and O–H groups in total. The highest BCUT2D eigenvalue weighted by Gasteiger charge is 2.16. The van der Waals surface area contributed by atoms with E-state index in [4.69, 9.17) is 0 Å². The average Bonchev–Trinajstić information content (AvgIpc) is 3.18. The highest BCUT2D eigenvalue weighted by Crippen LogP contribution is 2.24. The van der Waals surface area contributed by atoms with Crippen molar-refractivity contribution >= 4 is 27.9 Å². The van der Waals surface area contributed by atoms with Crippen LogP contribution in [0.2, 0.25) is 0 Å².